The van der Waals surface area contributed by atoms with Gasteiger partial charge in [-0.1, -0.05) is 43.1 Å². The normalized spacial score (nSPS) is 11.2. The highest BCUT2D eigenvalue weighted by molar-refractivity contribution is 7.10. The Morgan fingerprint density at radius 2 is 1.90 bits per heavy atom. The molecule has 1 aromatic heterocycles. The number of rotatable bonds is 7. The number of hydrogen-bond acceptors (Lipinski definition) is 4. The molecule has 0 spiro atoms. The third kappa shape index (κ3) is 6.07. The van der Waals surface area contributed by atoms with Gasteiger partial charge in [0.25, 0.3) is 5.91 Å². The van der Waals surface area contributed by atoms with E-state index in [9.17, 15) is 4.79 Å². The molecule has 0 radical (unpaired) electrons. The number of nitrogens with one attached hydrogen (secondary N) is 1. The van der Waals surface area contributed by atoms with Crippen LogP contribution in [0, 0.1) is 0 Å². The van der Waals surface area contributed by atoms with E-state index < -0.39 is 0 Å². The number of carbonyl (C=O) groups excluding carboxylic acids is 1. The zero-order valence-electron chi connectivity index (χ0n) is 16.0. The molecule has 0 saturated heterocycles. The summed E-state index contributed by atoms with van der Waals surface area (Å²) >= 11 is 13.5. The minimum Gasteiger partial charge on any atom is -0.489 e. The summed E-state index contributed by atoms with van der Waals surface area (Å²) in [6.07, 6.45) is 1.59. The first-order valence-electron chi connectivity index (χ1n) is 9.01. The zero-order valence-corrected chi connectivity index (χ0v) is 18.3. The van der Waals surface area contributed by atoms with Gasteiger partial charge in [0.05, 0.1) is 21.8 Å². The first-order valence-corrected chi connectivity index (χ1v) is 10.6. The summed E-state index contributed by atoms with van der Waals surface area (Å²) in [4.78, 5) is 13.3. The molecular formula is C22H20Cl2N2O2S. The molecule has 0 aliphatic heterocycles. The fourth-order valence-corrected chi connectivity index (χ4v) is 3.68. The zero-order chi connectivity index (χ0) is 20.8. The van der Waals surface area contributed by atoms with Gasteiger partial charge in [0.15, 0.2) is 0 Å². The molecular weight excluding hydrogens is 427 g/mol. The van der Waals surface area contributed by atoms with Gasteiger partial charge in [-0.2, -0.15) is 5.10 Å². The van der Waals surface area contributed by atoms with Crippen molar-refractivity contribution in [3.63, 3.8) is 0 Å². The third-order valence-corrected chi connectivity index (χ3v) is 6.07. The number of halogens is 2. The van der Waals surface area contributed by atoms with Crippen molar-refractivity contribution in [2.24, 2.45) is 5.10 Å². The highest BCUT2D eigenvalue weighted by Crippen LogP contribution is 2.24. The molecule has 0 bridgehead atoms. The van der Waals surface area contributed by atoms with Crippen molar-refractivity contribution >= 4 is 46.7 Å². The lowest BCUT2D eigenvalue weighted by molar-refractivity contribution is 0.0955. The number of ether oxygens (including phenoxy) is 1. The summed E-state index contributed by atoms with van der Waals surface area (Å²) in [5.41, 5.74) is 4.96. The number of hydrogen-bond donors (Lipinski definition) is 1. The average Bonchev–Trinajstić information content (AvgIpc) is 3.20. The summed E-state index contributed by atoms with van der Waals surface area (Å²) in [6.45, 7) is 4.59. The third-order valence-electron chi connectivity index (χ3n) is 4.10. The van der Waals surface area contributed by atoms with E-state index in [-0.39, 0.29) is 5.91 Å². The first-order chi connectivity index (χ1) is 13.9. The van der Waals surface area contributed by atoms with Crippen molar-refractivity contribution in [3.8, 4) is 5.75 Å². The number of thiophene rings is 1. The van der Waals surface area contributed by atoms with Gasteiger partial charge in [-0.15, -0.1) is 11.3 Å². The molecule has 29 heavy (non-hydrogen) atoms. The lowest BCUT2D eigenvalue weighted by Crippen LogP contribution is -2.16. The average molecular weight is 447 g/mol. The Kier molecular flexibility index (Phi) is 7.31. The Morgan fingerprint density at radius 1 is 1.14 bits per heavy atom. The minimum atomic E-state index is -0.217. The van der Waals surface area contributed by atoms with Gasteiger partial charge < -0.3 is 4.74 Å². The lowest BCUT2D eigenvalue weighted by Gasteiger charge is -2.07. The predicted octanol–water partition coefficient (Wildman–Crippen LogP) is 6.52. The Balaban J connectivity index is 1.51. The highest BCUT2D eigenvalue weighted by Gasteiger charge is 2.09. The molecule has 0 aliphatic carbocycles. The lowest BCUT2D eigenvalue weighted by atomic mass is 10.1. The molecule has 0 aliphatic rings. The van der Waals surface area contributed by atoms with Crippen LogP contribution < -0.4 is 10.2 Å². The van der Waals surface area contributed by atoms with Crippen molar-refractivity contribution < 1.29 is 9.53 Å². The van der Waals surface area contributed by atoms with Crippen LogP contribution in [0.4, 0.5) is 0 Å². The van der Waals surface area contributed by atoms with E-state index in [1.54, 1.807) is 29.7 Å². The molecule has 0 saturated carbocycles. The van der Waals surface area contributed by atoms with Gasteiger partial charge in [0, 0.05) is 10.3 Å². The van der Waals surface area contributed by atoms with E-state index in [4.69, 9.17) is 27.9 Å². The van der Waals surface area contributed by atoms with Crippen LogP contribution in [-0.2, 0) is 6.61 Å². The number of carbonyl (C=O) groups is 1. The van der Waals surface area contributed by atoms with Crippen LogP contribution in [0.25, 0.3) is 0 Å². The molecule has 3 aromatic rings. The molecule has 3 rings (SSSR count). The molecule has 2 aromatic carbocycles. The topological polar surface area (TPSA) is 50.7 Å². The van der Waals surface area contributed by atoms with Crippen LogP contribution in [-0.4, -0.2) is 12.1 Å². The van der Waals surface area contributed by atoms with Crippen molar-refractivity contribution in [2.45, 2.75) is 26.4 Å². The van der Waals surface area contributed by atoms with Crippen molar-refractivity contribution in [1.82, 2.24) is 5.43 Å². The van der Waals surface area contributed by atoms with Gasteiger partial charge >= 0.3 is 0 Å². The fourth-order valence-electron chi connectivity index (χ4n) is 2.45. The standard InChI is InChI=1S/C22H20Cl2N2O2S/c1-14(2)21-10-17(13-29-21)22(27)26-25-11-15-3-6-18(7-4-15)28-12-16-5-8-19(23)20(24)9-16/h3-11,13-14H,12H2,1-2H3,(H,26,27)/b25-11+. The Hall–Kier alpha value is -2.34. The van der Waals surface area contributed by atoms with Crippen molar-refractivity contribution in [2.75, 3.05) is 0 Å². The van der Waals surface area contributed by atoms with Gasteiger partial charge in [0.2, 0.25) is 0 Å². The van der Waals surface area contributed by atoms with Gasteiger partial charge in [-0.25, -0.2) is 5.43 Å². The molecule has 1 N–H and O–H groups in total. The van der Waals surface area contributed by atoms with E-state index in [2.05, 4.69) is 24.4 Å². The Bertz CT molecular complexity index is 1010. The SMILES string of the molecule is CC(C)c1cc(C(=O)N/N=C/c2ccc(OCc3ccc(Cl)c(Cl)c3)cc2)cs1. The van der Waals surface area contributed by atoms with E-state index >= 15 is 0 Å². The number of benzene rings is 2. The minimum absolute atomic E-state index is 0.217. The molecule has 4 nitrogen and oxygen atoms in total. The van der Waals surface area contributed by atoms with Gasteiger partial charge in [-0.05, 0) is 59.5 Å². The van der Waals surface area contributed by atoms with Crippen LogP contribution in [0.1, 0.15) is 46.1 Å². The first kappa shape index (κ1) is 21.4. The quantitative estimate of drug-likeness (QED) is 0.331. The van der Waals surface area contributed by atoms with Crippen LogP contribution in [0.3, 0.4) is 0 Å². The van der Waals surface area contributed by atoms with Crippen molar-refractivity contribution in [3.05, 3.63) is 85.5 Å². The summed E-state index contributed by atoms with van der Waals surface area (Å²) in [5, 5.41) is 6.90. The van der Waals surface area contributed by atoms with Crippen LogP contribution in [0.2, 0.25) is 10.0 Å². The molecule has 1 heterocycles. The summed E-state index contributed by atoms with van der Waals surface area (Å²) in [7, 11) is 0. The van der Waals surface area contributed by atoms with E-state index in [1.165, 1.54) is 4.88 Å². The number of hydrazone groups is 1. The van der Waals surface area contributed by atoms with E-state index in [1.807, 2.05) is 41.8 Å². The molecule has 1 amide bonds. The monoisotopic (exact) mass is 446 g/mol. The van der Waals surface area contributed by atoms with Crippen molar-refractivity contribution in [1.29, 1.82) is 0 Å². The largest absolute Gasteiger partial charge is 0.489 e. The van der Waals surface area contributed by atoms with Crippen LogP contribution in [0.15, 0.2) is 59.0 Å². The van der Waals surface area contributed by atoms with Gasteiger partial charge in [0.1, 0.15) is 12.4 Å². The fraction of sp³-hybridized carbons (Fsp3) is 0.182. The summed E-state index contributed by atoms with van der Waals surface area (Å²) in [5.74, 6) is 0.908. The molecule has 0 unspecified atom stereocenters. The maximum Gasteiger partial charge on any atom is 0.272 e. The Morgan fingerprint density at radius 3 is 2.55 bits per heavy atom. The number of amides is 1. The molecule has 150 valence electrons. The highest BCUT2D eigenvalue weighted by atomic mass is 35.5. The molecule has 0 fully saturated rings. The summed E-state index contributed by atoms with van der Waals surface area (Å²) in [6, 6.07) is 14.7. The second-order valence-corrected chi connectivity index (χ2v) is 8.45. The molecule has 0 atom stereocenters. The summed E-state index contributed by atoms with van der Waals surface area (Å²) < 4.78 is 5.75. The second kappa shape index (κ2) is 9.92. The number of nitrogens with zero attached hydrogens (tertiary/aromatic N) is 1. The smallest absolute Gasteiger partial charge is 0.272 e. The van der Waals surface area contributed by atoms with E-state index in [0.29, 0.717) is 28.1 Å². The second-order valence-electron chi connectivity index (χ2n) is 6.70. The van der Waals surface area contributed by atoms with E-state index in [0.717, 1.165) is 16.9 Å². The predicted molar refractivity (Wildman–Crippen MR) is 121 cm³/mol. The van der Waals surface area contributed by atoms with Crippen LogP contribution in [0.5, 0.6) is 5.75 Å². The van der Waals surface area contributed by atoms with Crippen LogP contribution >= 0.6 is 34.5 Å². The maximum atomic E-state index is 12.1. The van der Waals surface area contributed by atoms with Gasteiger partial charge in [-0.3, -0.25) is 4.79 Å². The molecule has 7 heteroatoms. The maximum absolute atomic E-state index is 12.1. The Labute approximate surface area is 184 Å².